The van der Waals surface area contributed by atoms with Gasteiger partial charge in [-0.25, -0.2) is 0 Å². The van der Waals surface area contributed by atoms with E-state index >= 15 is 0 Å². The molecule has 1 heterocycles. The highest BCUT2D eigenvalue weighted by atomic mass is 32.1. The molecule has 1 fully saturated rings. The number of hydrogen-bond donors (Lipinski definition) is 1. The highest BCUT2D eigenvalue weighted by Crippen LogP contribution is 2.36. The van der Waals surface area contributed by atoms with Gasteiger partial charge in [-0.1, -0.05) is 12.8 Å². The Labute approximate surface area is 102 Å². The van der Waals surface area contributed by atoms with Gasteiger partial charge in [0.25, 0.3) is 0 Å². The number of nitrogens with one attached hydrogen (secondary N) is 1. The van der Waals surface area contributed by atoms with Crippen molar-refractivity contribution in [3.63, 3.8) is 0 Å². The van der Waals surface area contributed by atoms with Crippen LogP contribution in [0.2, 0.25) is 0 Å². The van der Waals surface area contributed by atoms with Crippen molar-refractivity contribution >= 4 is 11.3 Å². The van der Waals surface area contributed by atoms with Gasteiger partial charge in [-0.15, -0.1) is 11.3 Å². The molecule has 0 radical (unpaired) electrons. The second kappa shape index (κ2) is 4.50. The lowest BCUT2D eigenvalue weighted by Gasteiger charge is -2.27. The number of thiophene rings is 1. The van der Waals surface area contributed by atoms with Crippen LogP contribution in [0.25, 0.3) is 0 Å². The van der Waals surface area contributed by atoms with Gasteiger partial charge >= 0.3 is 0 Å². The molecule has 2 aliphatic rings. The Kier molecular flexibility index (Phi) is 3.03. The highest BCUT2D eigenvalue weighted by Gasteiger charge is 2.26. The maximum Gasteiger partial charge on any atom is 0.0333 e. The van der Waals surface area contributed by atoms with Crippen LogP contribution in [0.15, 0.2) is 11.4 Å². The van der Waals surface area contributed by atoms with Crippen LogP contribution in [-0.4, -0.2) is 6.04 Å². The van der Waals surface area contributed by atoms with E-state index in [4.69, 9.17) is 0 Å². The van der Waals surface area contributed by atoms with Crippen molar-refractivity contribution in [3.8, 4) is 0 Å². The number of hydrogen-bond acceptors (Lipinski definition) is 2. The van der Waals surface area contributed by atoms with E-state index in [1.54, 1.807) is 10.4 Å². The lowest BCUT2D eigenvalue weighted by Crippen LogP contribution is -2.32. The van der Waals surface area contributed by atoms with Crippen LogP contribution in [0.5, 0.6) is 0 Å². The highest BCUT2D eigenvalue weighted by molar-refractivity contribution is 7.10. The Hall–Kier alpha value is -0.340. The lowest BCUT2D eigenvalue weighted by atomic mass is 9.93. The zero-order valence-corrected chi connectivity index (χ0v) is 10.9. The molecule has 2 heteroatoms. The predicted octanol–water partition coefficient (Wildman–Crippen LogP) is 3.90. The summed E-state index contributed by atoms with van der Waals surface area (Å²) >= 11 is 1.94. The van der Waals surface area contributed by atoms with E-state index in [1.165, 1.54) is 38.5 Å². The molecular formula is C14H21NS. The zero-order valence-electron chi connectivity index (χ0n) is 10.0. The standard InChI is InChI=1S/C14H21NS/c1-10(9-11-5-6-11)15-13-3-2-4-14-12(13)7-8-16-14/h7-8,10-11,13,15H,2-6,9H2,1H3. The molecule has 0 saturated heterocycles. The summed E-state index contributed by atoms with van der Waals surface area (Å²) in [5.41, 5.74) is 1.60. The van der Waals surface area contributed by atoms with Crippen LogP contribution in [0.3, 0.4) is 0 Å². The first-order valence-corrected chi connectivity index (χ1v) is 7.53. The van der Waals surface area contributed by atoms with Crippen molar-refractivity contribution in [2.24, 2.45) is 5.92 Å². The molecule has 0 spiro atoms. The summed E-state index contributed by atoms with van der Waals surface area (Å²) in [4.78, 5) is 1.63. The zero-order chi connectivity index (χ0) is 11.0. The Morgan fingerprint density at radius 1 is 1.44 bits per heavy atom. The Morgan fingerprint density at radius 2 is 2.31 bits per heavy atom. The maximum absolute atomic E-state index is 3.84. The topological polar surface area (TPSA) is 12.0 Å². The Balaban J connectivity index is 1.62. The average molecular weight is 235 g/mol. The van der Waals surface area contributed by atoms with Crippen molar-refractivity contribution in [2.45, 2.75) is 57.5 Å². The SMILES string of the molecule is CC(CC1CC1)NC1CCCc2sccc21. The molecule has 1 N–H and O–H groups in total. The van der Waals surface area contributed by atoms with Crippen molar-refractivity contribution < 1.29 is 0 Å². The van der Waals surface area contributed by atoms with E-state index in [0.717, 1.165) is 5.92 Å². The molecule has 1 aromatic heterocycles. The third-order valence-corrected chi connectivity index (χ3v) is 4.92. The number of fused-ring (bicyclic) bond motifs is 1. The third-order valence-electron chi connectivity index (χ3n) is 3.92. The summed E-state index contributed by atoms with van der Waals surface area (Å²) in [5, 5.41) is 6.10. The van der Waals surface area contributed by atoms with E-state index in [-0.39, 0.29) is 0 Å². The van der Waals surface area contributed by atoms with Crippen LogP contribution < -0.4 is 5.32 Å². The second-order valence-electron chi connectivity index (χ2n) is 5.49. The molecule has 2 unspecified atom stereocenters. The minimum atomic E-state index is 0.642. The van der Waals surface area contributed by atoms with Crippen molar-refractivity contribution in [2.75, 3.05) is 0 Å². The van der Waals surface area contributed by atoms with Crippen LogP contribution in [-0.2, 0) is 6.42 Å². The van der Waals surface area contributed by atoms with Crippen LogP contribution >= 0.6 is 11.3 Å². The first-order chi connectivity index (χ1) is 7.83. The summed E-state index contributed by atoms with van der Waals surface area (Å²) in [6.45, 7) is 2.36. The first-order valence-electron chi connectivity index (χ1n) is 6.65. The minimum absolute atomic E-state index is 0.642. The van der Waals surface area contributed by atoms with Gasteiger partial charge in [0.05, 0.1) is 0 Å². The molecule has 1 nitrogen and oxygen atoms in total. The fraction of sp³-hybridized carbons (Fsp3) is 0.714. The fourth-order valence-electron chi connectivity index (χ4n) is 2.92. The molecular weight excluding hydrogens is 214 g/mol. The summed E-state index contributed by atoms with van der Waals surface area (Å²) < 4.78 is 0. The van der Waals surface area contributed by atoms with Crippen LogP contribution in [0.4, 0.5) is 0 Å². The molecule has 1 aromatic rings. The van der Waals surface area contributed by atoms with Crippen molar-refractivity contribution in [1.29, 1.82) is 0 Å². The summed E-state index contributed by atoms with van der Waals surface area (Å²) in [7, 11) is 0. The molecule has 0 aromatic carbocycles. The summed E-state index contributed by atoms with van der Waals surface area (Å²) in [6.07, 6.45) is 8.33. The van der Waals surface area contributed by atoms with Gasteiger partial charge in [-0.05, 0) is 55.5 Å². The fourth-order valence-corrected chi connectivity index (χ4v) is 3.91. The Bertz CT molecular complexity index is 353. The predicted molar refractivity (Wildman–Crippen MR) is 69.9 cm³/mol. The van der Waals surface area contributed by atoms with E-state index in [1.807, 2.05) is 11.3 Å². The first kappa shape index (κ1) is 10.8. The number of rotatable bonds is 4. The largest absolute Gasteiger partial charge is 0.307 e. The molecule has 1 saturated carbocycles. The van der Waals surface area contributed by atoms with Gasteiger partial charge < -0.3 is 5.32 Å². The summed E-state index contributed by atoms with van der Waals surface area (Å²) in [5.74, 6) is 1.04. The lowest BCUT2D eigenvalue weighted by molar-refractivity contribution is 0.387. The molecule has 88 valence electrons. The van der Waals surface area contributed by atoms with E-state index < -0.39 is 0 Å². The molecule has 0 amide bonds. The van der Waals surface area contributed by atoms with Gasteiger partial charge in [-0.3, -0.25) is 0 Å². The number of aryl methyl sites for hydroxylation is 1. The van der Waals surface area contributed by atoms with Gasteiger partial charge in [-0.2, -0.15) is 0 Å². The minimum Gasteiger partial charge on any atom is -0.307 e. The molecule has 0 bridgehead atoms. The summed E-state index contributed by atoms with van der Waals surface area (Å²) in [6, 6.07) is 3.67. The van der Waals surface area contributed by atoms with Gasteiger partial charge in [0, 0.05) is 17.0 Å². The average Bonchev–Trinajstić information content (AvgIpc) is 2.94. The monoisotopic (exact) mass is 235 g/mol. The van der Waals surface area contributed by atoms with E-state index in [9.17, 15) is 0 Å². The van der Waals surface area contributed by atoms with Gasteiger partial charge in [0.1, 0.15) is 0 Å². The van der Waals surface area contributed by atoms with Crippen molar-refractivity contribution in [3.05, 3.63) is 21.9 Å². The van der Waals surface area contributed by atoms with Gasteiger partial charge in [0.2, 0.25) is 0 Å². The Morgan fingerprint density at radius 3 is 3.12 bits per heavy atom. The second-order valence-corrected chi connectivity index (χ2v) is 6.49. The van der Waals surface area contributed by atoms with E-state index in [0.29, 0.717) is 12.1 Å². The van der Waals surface area contributed by atoms with E-state index in [2.05, 4.69) is 23.7 Å². The van der Waals surface area contributed by atoms with Crippen LogP contribution in [0.1, 0.15) is 55.5 Å². The quantitative estimate of drug-likeness (QED) is 0.834. The van der Waals surface area contributed by atoms with Crippen molar-refractivity contribution in [1.82, 2.24) is 5.32 Å². The molecule has 0 aliphatic heterocycles. The smallest absolute Gasteiger partial charge is 0.0333 e. The van der Waals surface area contributed by atoms with Gasteiger partial charge in [0.15, 0.2) is 0 Å². The maximum atomic E-state index is 3.84. The third kappa shape index (κ3) is 2.33. The molecule has 3 rings (SSSR count). The molecule has 2 aliphatic carbocycles. The molecule has 2 atom stereocenters. The normalized spacial score (nSPS) is 26.4. The van der Waals surface area contributed by atoms with Crippen LogP contribution in [0, 0.1) is 5.92 Å². The molecule has 16 heavy (non-hydrogen) atoms.